The molecule has 0 aliphatic carbocycles. The molecule has 0 aromatic heterocycles. The van der Waals surface area contributed by atoms with Crippen molar-refractivity contribution in [2.24, 2.45) is 0 Å². The SMILES string of the molecule is Nc1ccc2c(c1)CS(=O)(=O)O2. The van der Waals surface area contributed by atoms with E-state index in [4.69, 9.17) is 5.73 Å². The third-order valence-corrected chi connectivity index (χ3v) is 2.73. The van der Waals surface area contributed by atoms with Crippen molar-refractivity contribution >= 4 is 15.8 Å². The minimum atomic E-state index is -3.38. The number of benzene rings is 1. The molecule has 1 aromatic rings. The predicted molar refractivity (Wildman–Crippen MR) is 44.1 cm³/mol. The highest BCUT2D eigenvalue weighted by molar-refractivity contribution is 7.86. The van der Waals surface area contributed by atoms with E-state index >= 15 is 0 Å². The number of rotatable bonds is 0. The van der Waals surface area contributed by atoms with Crippen LogP contribution in [0.4, 0.5) is 5.69 Å². The number of nitrogens with two attached hydrogens (primary N) is 1. The van der Waals surface area contributed by atoms with E-state index < -0.39 is 10.1 Å². The van der Waals surface area contributed by atoms with Gasteiger partial charge in [-0.25, -0.2) is 0 Å². The van der Waals surface area contributed by atoms with E-state index in [1.54, 1.807) is 18.2 Å². The van der Waals surface area contributed by atoms with E-state index in [1.165, 1.54) is 0 Å². The summed E-state index contributed by atoms with van der Waals surface area (Å²) in [5.41, 5.74) is 6.65. The lowest BCUT2D eigenvalue weighted by Crippen LogP contribution is -2.02. The molecule has 5 heteroatoms. The quantitative estimate of drug-likeness (QED) is 0.471. The Balaban J connectivity index is 2.56. The van der Waals surface area contributed by atoms with Crippen molar-refractivity contribution in [1.29, 1.82) is 0 Å². The maximum Gasteiger partial charge on any atom is 0.313 e. The van der Waals surface area contributed by atoms with Gasteiger partial charge in [-0.3, -0.25) is 0 Å². The molecule has 0 radical (unpaired) electrons. The molecule has 0 bridgehead atoms. The van der Waals surface area contributed by atoms with Crippen LogP contribution in [0.5, 0.6) is 5.75 Å². The highest BCUT2D eigenvalue weighted by Crippen LogP contribution is 2.30. The molecule has 0 unspecified atom stereocenters. The van der Waals surface area contributed by atoms with Gasteiger partial charge in [-0.05, 0) is 18.2 Å². The van der Waals surface area contributed by atoms with Gasteiger partial charge in [-0.2, -0.15) is 8.42 Å². The summed E-state index contributed by atoms with van der Waals surface area (Å²) in [6.07, 6.45) is 0. The maximum absolute atomic E-state index is 10.9. The van der Waals surface area contributed by atoms with Crippen molar-refractivity contribution < 1.29 is 12.6 Å². The van der Waals surface area contributed by atoms with Gasteiger partial charge in [-0.15, -0.1) is 0 Å². The second-order valence-corrected chi connectivity index (χ2v) is 4.22. The van der Waals surface area contributed by atoms with Crippen LogP contribution in [0, 0.1) is 0 Å². The first kappa shape index (κ1) is 7.42. The molecule has 0 amide bonds. The normalized spacial score (nSPS) is 18.3. The number of hydrogen-bond acceptors (Lipinski definition) is 4. The van der Waals surface area contributed by atoms with Crippen molar-refractivity contribution in [3.8, 4) is 5.75 Å². The van der Waals surface area contributed by atoms with Gasteiger partial charge in [0.25, 0.3) is 0 Å². The van der Waals surface area contributed by atoms with Crippen LogP contribution >= 0.6 is 0 Å². The van der Waals surface area contributed by atoms with Crippen LogP contribution < -0.4 is 9.92 Å². The van der Waals surface area contributed by atoms with Crippen LogP contribution in [0.25, 0.3) is 0 Å². The zero-order valence-electron chi connectivity index (χ0n) is 6.15. The summed E-state index contributed by atoms with van der Waals surface area (Å²) in [4.78, 5) is 0. The Kier molecular flexibility index (Phi) is 1.32. The Morgan fingerprint density at radius 3 is 2.92 bits per heavy atom. The molecular weight excluding hydrogens is 178 g/mol. The van der Waals surface area contributed by atoms with Gasteiger partial charge in [-0.1, -0.05) is 0 Å². The first-order valence-electron chi connectivity index (χ1n) is 3.37. The van der Waals surface area contributed by atoms with E-state index in [2.05, 4.69) is 4.18 Å². The number of anilines is 1. The Morgan fingerprint density at radius 2 is 2.17 bits per heavy atom. The van der Waals surface area contributed by atoms with Crippen molar-refractivity contribution in [3.63, 3.8) is 0 Å². The minimum absolute atomic E-state index is 0.0760. The highest BCUT2D eigenvalue weighted by atomic mass is 32.2. The lowest BCUT2D eigenvalue weighted by Gasteiger charge is -1.95. The molecule has 1 heterocycles. The first-order chi connectivity index (χ1) is 5.57. The Bertz CT molecular complexity index is 424. The van der Waals surface area contributed by atoms with E-state index in [0.717, 1.165) is 0 Å². The zero-order valence-corrected chi connectivity index (χ0v) is 6.97. The molecule has 64 valence electrons. The molecule has 2 N–H and O–H groups in total. The largest absolute Gasteiger partial charge is 0.399 e. The zero-order chi connectivity index (χ0) is 8.77. The summed E-state index contributed by atoms with van der Waals surface area (Å²) in [6.45, 7) is 0. The van der Waals surface area contributed by atoms with Crippen LogP contribution in [0.3, 0.4) is 0 Å². The summed E-state index contributed by atoms with van der Waals surface area (Å²) in [7, 11) is -3.38. The van der Waals surface area contributed by atoms with Gasteiger partial charge in [0.15, 0.2) is 0 Å². The Hall–Kier alpha value is -1.23. The van der Waals surface area contributed by atoms with Gasteiger partial charge in [0.1, 0.15) is 11.5 Å². The molecule has 1 aliphatic heterocycles. The smallest absolute Gasteiger partial charge is 0.313 e. The molecule has 0 saturated carbocycles. The molecule has 0 saturated heterocycles. The van der Waals surface area contributed by atoms with Crippen molar-refractivity contribution in [3.05, 3.63) is 23.8 Å². The average Bonchev–Trinajstić information content (AvgIpc) is 2.21. The fraction of sp³-hybridized carbons (Fsp3) is 0.143. The molecule has 12 heavy (non-hydrogen) atoms. The highest BCUT2D eigenvalue weighted by Gasteiger charge is 2.25. The second kappa shape index (κ2) is 2.13. The molecule has 0 spiro atoms. The van der Waals surface area contributed by atoms with E-state index in [0.29, 0.717) is 17.0 Å². The summed E-state index contributed by atoms with van der Waals surface area (Å²) in [5.74, 6) is 0.317. The maximum atomic E-state index is 10.9. The molecule has 1 aliphatic rings. The third-order valence-electron chi connectivity index (χ3n) is 1.63. The average molecular weight is 185 g/mol. The number of nitrogen functional groups attached to an aromatic ring is 1. The Labute approximate surface area is 70.1 Å². The van der Waals surface area contributed by atoms with Crippen LogP contribution in [0.15, 0.2) is 18.2 Å². The van der Waals surface area contributed by atoms with Crippen LogP contribution in [-0.4, -0.2) is 8.42 Å². The van der Waals surface area contributed by atoms with Gasteiger partial charge >= 0.3 is 10.1 Å². The van der Waals surface area contributed by atoms with Gasteiger partial charge in [0, 0.05) is 11.3 Å². The number of fused-ring (bicyclic) bond motifs is 1. The Morgan fingerprint density at radius 1 is 1.42 bits per heavy atom. The molecule has 1 aromatic carbocycles. The van der Waals surface area contributed by atoms with Crippen LogP contribution in [-0.2, 0) is 15.9 Å². The molecule has 2 rings (SSSR count). The minimum Gasteiger partial charge on any atom is -0.399 e. The van der Waals surface area contributed by atoms with Gasteiger partial charge < -0.3 is 9.92 Å². The van der Waals surface area contributed by atoms with Crippen molar-refractivity contribution in [2.45, 2.75) is 5.75 Å². The lowest BCUT2D eigenvalue weighted by molar-refractivity contribution is 0.499. The first-order valence-corrected chi connectivity index (χ1v) is 4.95. The summed E-state index contributed by atoms with van der Waals surface area (Å²) in [6, 6.07) is 4.79. The lowest BCUT2D eigenvalue weighted by atomic mass is 10.2. The monoisotopic (exact) mass is 185 g/mol. The standard InChI is InChI=1S/C7H7NO3S/c8-6-1-2-7-5(3-6)4-12(9,10)11-7/h1-3H,4,8H2. The fourth-order valence-corrected chi connectivity index (χ4v) is 2.25. The topological polar surface area (TPSA) is 69.4 Å². The molecule has 0 atom stereocenters. The molecule has 4 nitrogen and oxygen atoms in total. The van der Waals surface area contributed by atoms with Gasteiger partial charge in [0.05, 0.1) is 0 Å². The van der Waals surface area contributed by atoms with E-state index in [9.17, 15) is 8.42 Å². The van der Waals surface area contributed by atoms with Crippen LogP contribution in [0.1, 0.15) is 5.56 Å². The fourth-order valence-electron chi connectivity index (χ4n) is 1.15. The second-order valence-electron chi connectivity index (χ2n) is 2.65. The van der Waals surface area contributed by atoms with Crippen LogP contribution in [0.2, 0.25) is 0 Å². The predicted octanol–water partition coefficient (Wildman–Crippen LogP) is 0.491. The van der Waals surface area contributed by atoms with E-state index in [-0.39, 0.29) is 5.75 Å². The summed E-state index contributed by atoms with van der Waals surface area (Å²) >= 11 is 0. The third kappa shape index (κ3) is 1.12. The number of hydrogen-bond donors (Lipinski definition) is 1. The van der Waals surface area contributed by atoms with Crippen molar-refractivity contribution in [2.75, 3.05) is 5.73 Å². The molecule has 0 fully saturated rings. The van der Waals surface area contributed by atoms with Crippen molar-refractivity contribution in [1.82, 2.24) is 0 Å². The summed E-state index contributed by atoms with van der Waals surface area (Å²) in [5, 5.41) is 0. The van der Waals surface area contributed by atoms with Gasteiger partial charge in [0.2, 0.25) is 0 Å². The molecular formula is C7H7NO3S. The summed E-state index contributed by atoms with van der Waals surface area (Å²) < 4.78 is 26.5. The van der Waals surface area contributed by atoms with E-state index in [1.807, 2.05) is 0 Å².